The number of hydrogen-bond donors (Lipinski definition) is 0. The van der Waals surface area contributed by atoms with E-state index in [0.717, 1.165) is 0 Å². The molecule has 0 bridgehead atoms. The highest BCUT2D eigenvalue weighted by molar-refractivity contribution is 7.27. The van der Waals surface area contributed by atoms with Gasteiger partial charge in [-0.1, -0.05) is 30.3 Å². The second-order valence-corrected chi connectivity index (χ2v) is 2.08. The summed E-state index contributed by atoms with van der Waals surface area (Å²) in [5.41, 5.74) is 0. The normalized spacial score (nSPS) is 7.62. The molecule has 0 radical (unpaired) electrons. The molecule has 0 aliphatic heterocycles. The van der Waals surface area contributed by atoms with E-state index in [1.807, 2.05) is 30.3 Å². The van der Waals surface area contributed by atoms with Crippen LogP contribution in [0, 0.1) is 0 Å². The van der Waals surface area contributed by atoms with Crippen molar-refractivity contribution < 1.29 is 0 Å². The van der Waals surface area contributed by atoms with Gasteiger partial charge in [0.25, 0.3) is 0 Å². The van der Waals surface area contributed by atoms with Crippen LogP contribution in [-0.2, 0) is 0 Å². The summed E-state index contributed by atoms with van der Waals surface area (Å²) in [4.78, 5) is 0. The molecule has 0 N–H and O–H groups in total. The minimum absolute atomic E-state index is 0. The minimum Gasteiger partial charge on any atom is -0.106 e. The molecule has 0 amide bonds. The zero-order valence-electron chi connectivity index (χ0n) is 3.96. The van der Waals surface area contributed by atoms with Crippen molar-refractivity contribution in [3.8, 4) is 0 Å². The van der Waals surface area contributed by atoms with E-state index in [-0.39, 0.29) is 11.0 Å². The predicted molar refractivity (Wildman–Crippen MR) is 47.1 cm³/mol. The number of hydrogen-bond acceptors (Lipinski definition) is 0. The monoisotopic (exact) mass is 142 g/mol. The van der Waals surface area contributed by atoms with Crippen molar-refractivity contribution in [1.82, 2.24) is 0 Å². The van der Waals surface area contributed by atoms with E-state index in [2.05, 4.69) is 9.24 Å². The highest BCUT2D eigenvalue weighted by Crippen LogP contribution is 1.86. The molecule has 0 saturated heterocycles. The largest absolute Gasteiger partial charge is 0.106 e. The lowest BCUT2D eigenvalue weighted by Gasteiger charge is -1.82. The van der Waals surface area contributed by atoms with Gasteiger partial charge in [-0.2, -0.15) is 0 Å². The van der Waals surface area contributed by atoms with Crippen LogP contribution in [0.2, 0.25) is 0 Å². The Morgan fingerprint density at radius 3 is 1.75 bits per heavy atom. The van der Waals surface area contributed by atoms with E-state index in [1.165, 1.54) is 5.30 Å². The van der Waals surface area contributed by atoms with Crippen LogP contribution < -0.4 is 5.30 Å². The average molecular weight is 142 g/mol. The Hall–Kier alpha value is -0.133. The van der Waals surface area contributed by atoms with E-state index in [9.17, 15) is 0 Å². The Bertz CT molecular complexity index is 138. The van der Waals surface area contributed by atoms with Gasteiger partial charge < -0.3 is 0 Å². The number of benzene rings is 1. The maximum absolute atomic E-state index is 2.63. The lowest BCUT2D eigenvalue weighted by atomic mass is 10.4. The van der Waals surface area contributed by atoms with Gasteiger partial charge in [-0.05, 0) is 16.3 Å². The van der Waals surface area contributed by atoms with Gasteiger partial charge in [0.1, 0.15) is 0 Å². The highest BCUT2D eigenvalue weighted by atomic mass is 31.0. The molecule has 8 heavy (non-hydrogen) atoms. The summed E-state index contributed by atoms with van der Waals surface area (Å²) < 4.78 is 0. The van der Waals surface area contributed by atoms with Crippen LogP contribution in [0.5, 0.6) is 0 Å². The molecule has 2 heteroatoms. The number of rotatable bonds is 0. The minimum atomic E-state index is 0. The molecular formula is C6H11PSi. The molecule has 0 aliphatic carbocycles. The van der Waals surface area contributed by atoms with Crippen molar-refractivity contribution in [3.63, 3.8) is 0 Å². The van der Waals surface area contributed by atoms with Crippen molar-refractivity contribution in [2.45, 2.75) is 0 Å². The fourth-order valence-electron chi connectivity index (χ4n) is 0.453. The molecule has 0 saturated carbocycles. The molecule has 1 aromatic carbocycles. The topological polar surface area (TPSA) is 0 Å². The highest BCUT2D eigenvalue weighted by Gasteiger charge is 1.72. The maximum atomic E-state index is 2.63. The summed E-state index contributed by atoms with van der Waals surface area (Å²) >= 11 is 0. The van der Waals surface area contributed by atoms with Gasteiger partial charge in [0.15, 0.2) is 0 Å². The van der Waals surface area contributed by atoms with E-state index >= 15 is 0 Å². The van der Waals surface area contributed by atoms with Crippen LogP contribution in [0.25, 0.3) is 0 Å². The van der Waals surface area contributed by atoms with Gasteiger partial charge in [0.05, 0.1) is 0 Å². The molecule has 1 aromatic rings. The van der Waals surface area contributed by atoms with Crippen molar-refractivity contribution in [2.75, 3.05) is 0 Å². The SMILES string of the molecule is Pc1ccccc1.[SiH4]. The summed E-state index contributed by atoms with van der Waals surface area (Å²) in [5.74, 6) is 0. The third-order valence-corrected chi connectivity index (χ3v) is 1.18. The summed E-state index contributed by atoms with van der Waals surface area (Å²) in [6, 6.07) is 10.1. The Kier molecular flexibility index (Phi) is 3.76. The molecule has 0 aliphatic rings. The Labute approximate surface area is 56.5 Å². The van der Waals surface area contributed by atoms with Gasteiger partial charge >= 0.3 is 0 Å². The molecule has 44 valence electrons. The van der Waals surface area contributed by atoms with Gasteiger partial charge in [0.2, 0.25) is 0 Å². The standard InChI is InChI=1S/C6H7P.H4Si/c7-6-4-2-1-3-5-6;/h1-5H,7H2;1H4. The van der Waals surface area contributed by atoms with Crippen LogP contribution in [0.3, 0.4) is 0 Å². The van der Waals surface area contributed by atoms with Crippen LogP contribution in [-0.4, -0.2) is 11.0 Å². The lowest BCUT2D eigenvalue weighted by molar-refractivity contribution is 1.78. The van der Waals surface area contributed by atoms with Gasteiger partial charge in [-0.25, -0.2) is 0 Å². The molecule has 1 unspecified atom stereocenters. The smallest absolute Gasteiger partial charge is 0.0149 e. The Morgan fingerprint density at radius 2 is 1.50 bits per heavy atom. The van der Waals surface area contributed by atoms with E-state index in [4.69, 9.17) is 0 Å². The Morgan fingerprint density at radius 1 is 1.00 bits per heavy atom. The molecule has 0 nitrogen and oxygen atoms in total. The van der Waals surface area contributed by atoms with Gasteiger partial charge in [-0.15, -0.1) is 9.24 Å². The lowest BCUT2D eigenvalue weighted by Crippen LogP contribution is -1.82. The molecular weight excluding hydrogens is 131 g/mol. The van der Waals surface area contributed by atoms with Gasteiger partial charge in [-0.3, -0.25) is 0 Å². The summed E-state index contributed by atoms with van der Waals surface area (Å²) in [5, 5.41) is 1.24. The van der Waals surface area contributed by atoms with Crippen molar-refractivity contribution in [3.05, 3.63) is 30.3 Å². The van der Waals surface area contributed by atoms with E-state index < -0.39 is 0 Å². The van der Waals surface area contributed by atoms with Crippen LogP contribution in [0.15, 0.2) is 30.3 Å². The van der Waals surface area contributed by atoms with Crippen LogP contribution in [0.4, 0.5) is 0 Å². The second kappa shape index (κ2) is 3.82. The first kappa shape index (κ1) is 7.87. The van der Waals surface area contributed by atoms with Crippen molar-refractivity contribution in [1.29, 1.82) is 0 Å². The first-order valence-electron chi connectivity index (χ1n) is 2.20. The molecule has 0 fully saturated rings. The fourth-order valence-corrected chi connectivity index (χ4v) is 0.675. The van der Waals surface area contributed by atoms with Crippen molar-refractivity contribution >= 4 is 25.5 Å². The third-order valence-electron chi connectivity index (χ3n) is 0.800. The van der Waals surface area contributed by atoms with E-state index in [1.54, 1.807) is 0 Å². The molecule has 0 heterocycles. The first-order chi connectivity index (χ1) is 3.39. The second-order valence-electron chi connectivity index (χ2n) is 1.41. The van der Waals surface area contributed by atoms with Crippen LogP contribution >= 0.6 is 9.24 Å². The van der Waals surface area contributed by atoms with Crippen LogP contribution in [0.1, 0.15) is 0 Å². The zero-order chi connectivity index (χ0) is 5.11. The molecule has 0 spiro atoms. The maximum Gasteiger partial charge on any atom is -0.0149 e. The fraction of sp³-hybridized carbons (Fsp3) is 0. The zero-order valence-corrected chi connectivity index (χ0v) is 5.12. The molecule has 1 rings (SSSR count). The molecule has 0 aromatic heterocycles. The summed E-state index contributed by atoms with van der Waals surface area (Å²) in [6.45, 7) is 0. The first-order valence-corrected chi connectivity index (χ1v) is 2.78. The molecule has 1 atom stereocenters. The Balaban J connectivity index is 0.000000490. The predicted octanol–water partition coefficient (Wildman–Crippen LogP) is -0.265. The summed E-state index contributed by atoms with van der Waals surface area (Å²) in [6.07, 6.45) is 0. The van der Waals surface area contributed by atoms with E-state index in [0.29, 0.717) is 0 Å². The van der Waals surface area contributed by atoms with Gasteiger partial charge in [0, 0.05) is 0 Å². The average Bonchev–Trinajstić information content (AvgIpc) is 1.69. The third kappa shape index (κ3) is 2.25. The van der Waals surface area contributed by atoms with Crippen molar-refractivity contribution in [2.24, 2.45) is 0 Å². The quantitative estimate of drug-likeness (QED) is 0.346. The summed E-state index contributed by atoms with van der Waals surface area (Å²) in [7, 11) is 2.63.